The summed E-state index contributed by atoms with van der Waals surface area (Å²) in [6, 6.07) is 17.3. The van der Waals surface area contributed by atoms with E-state index < -0.39 is 0 Å². The number of para-hydroxylation sites is 2. The second-order valence-corrected chi connectivity index (χ2v) is 11.1. The highest BCUT2D eigenvalue weighted by Gasteiger charge is 2.43. The molecular weight excluding hydrogens is 507 g/mol. The van der Waals surface area contributed by atoms with Crippen molar-refractivity contribution in [3.8, 4) is 11.5 Å². The Morgan fingerprint density at radius 1 is 0.946 bits per heavy atom. The average Bonchev–Trinajstić information content (AvgIpc) is 3.55. The van der Waals surface area contributed by atoms with Gasteiger partial charge in [0.25, 0.3) is 0 Å². The highest BCUT2D eigenvalue weighted by atomic mass is 35.5. The Labute approximate surface area is 231 Å². The number of fused-ring (bicyclic) bond motifs is 4. The third kappa shape index (κ3) is 4.60. The summed E-state index contributed by atoms with van der Waals surface area (Å²) in [6.07, 6.45) is 8.78. The number of rotatable bonds is 5. The molecule has 0 radical (unpaired) electrons. The molecule has 200 valence electrons. The van der Waals surface area contributed by atoms with Crippen molar-refractivity contribution in [2.24, 2.45) is 0 Å². The number of piperidine rings is 2. The molecule has 2 bridgehead atoms. The first-order valence-electron chi connectivity index (χ1n) is 13.5. The molecule has 2 aromatic carbocycles. The largest absolute Gasteiger partial charge is 0.454 e. The van der Waals surface area contributed by atoms with Gasteiger partial charge in [-0.05, 0) is 107 Å². The van der Waals surface area contributed by atoms with E-state index in [9.17, 15) is 0 Å². The van der Waals surface area contributed by atoms with Gasteiger partial charge in [0.05, 0.1) is 11.0 Å². The van der Waals surface area contributed by atoms with Gasteiger partial charge in [-0.2, -0.15) is 0 Å². The molecule has 3 fully saturated rings. The van der Waals surface area contributed by atoms with E-state index in [4.69, 9.17) is 14.5 Å². The zero-order valence-electron chi connectivity index (χ0n) is 21.5. The number of aryl methyl sites for hydroxylation is 1. The maximum Gasteiger partial charge on any atom is 0.231 e. The van der Waals surface area contributed by atoms with E-state index >= 15 is 0 Å². The second-order valence-electron chi connectivity index (χ2n) is 11.1. The molecule has 1 N–H and O–H groups in total. The van der Waals surface area contributed by atoms with Crippen LogP contribution in [0.4, 0.5) is 0 Å². The molecule has 0 saturated carbocycles. The molecule has 0 aliphatic carbocycles. The summed E-state index contributed by atoms with van der Waals surface area (Å²) in [6.45, 7) is 5.91. The van der Waals surface area contributed by atoms with Gasteiger partial charge >= 0.3 is 0 Å². The number of ether oxygens (including phenoxy) is 2. The first kappa shape index (κ1) is 26.6. The average molecular weight is 546 g/mol. The van der Waals surface area contributed by atoms with Gasteiger partial charge < -0.3 is 19.4 Å². The van der Waals surface area contributed by atoms with Gasteiger partial charge in [-0.3, -0.25) is 4.90 Å². The first-order valence-corrected chi connectivity index (χ1v) is 13.5. The summed E-state index contributed by atoms with van der Waals surface area (Å²) in [5.74, 6) is 2.98. The second kappa shape index (κ2) is 10.6. The van der Waals surface area contributed by atoms with E-state index in [-0.39, 0.29) is 30.2 Å². The monoisotopic (exact) mass is 544 g/mol. The fourth-order valence-corrected chi connectivity index (χ4v) is 7.61. The zero-order valence-corrected chi connectivity index (χ0v) is 23.2. The van der Waals surface area contributed by atoms with Gasteiger partial charge in [0.2, 0.25) is 6.79 Å². The fourth-order valence-electron chi connectivity index (χ4n) is 7.61. The van der Waals surface area contributed by atoms with Crippen LogP contribution in [0.3, 0.4) is 0 Å². The van der Waals surface area contributed by atoms with Crippen LogP contribution in [-0.4, -0.2) is 53.0 Å². The van der Waals surface area contributed by atoms with E-state index in [1.54, 1.807) is 0 Å². The van der Waals surface area contributed by atoms with Crippen LogP contribution in [-0.2, 0) is 5.41 Å². The van der Waals surface area contributed by atoms with Crippen LogP contribution >= 0.6 is 24.8 Å². The normalized spacial score (nSPS) is 26.0. The fraction of sp³-hybridized carbons (Fsp3) is 0.552. The molecule has 4 aliphatic heterocycles. The van der Waals surface area contributed by atoms with Gasteiger partial charge in [-0.15, -0.1) is 24.8 Å². The Hall–Kier alpha value is -1.99. The molecule has 8 heteroatoms. The maximum atomic E-state index is 5.75. The highest BCUT2D eigenvalue weighted by Crippen LogP contribution is 2.46. The molecule has 37 heavy (non-hydrogen) atoms. The van der Waals surface area contributed by atoms with Crippen molar-refractivity contribution < 1.29 is 9.47 Å². The molecule has 5 heterocycles. The molecule has 7 rings (SSSR count). The molecule has 3 saturated heterocycles. The summed E-state index contributed by atoms with van der Waals surface area (Å²) >= 11 is 0. The number of halogens is 2. The number of aromatic nitrogens is 2. The van der Waals surface area contributed by atoms with Crippen LogP contribution < -0.4 is 14.8 Å². The summed E-state index contributed by atoms with van der Waals surface area (Å²) < 4.78 is 13.9. The molecular formula is C29H38Cl2N4O2. The maximum absolute atomic E-state index is 5.75. The summed E-state index contributed by atoms with van der Waals surface area (Å²) in [7, 11) is 0. The van der Waals surface area contributed by atoms with E-state index in [2.05, 4.69) is 64.2 Å². The van der Waals surface area contributed by atoms with Crippen LogP contribution in [0, 0.1) is 6.92 Å². The zero-order chi connectivity index (χ0) is 23.4. The number of nitrogens with zero attached hydrogens (tertiary/aromatic N) is 3. The Kier molecular flexibility index (Phi) is 7.65. The van der Waals surface area contributed by atoms with Crippen molar-refractivity contribution in [2.45, 2.75) is 75.4 Å². The number of nitrogens with one attached hydrogen (secondary N) is 1. The van der Waals surface area contributed by atoms with Crippen LogP contribution in [0.1, 0.15) is 62.4 Å². The van der Waals surface area contributed by atoms with Gasteiger partial charge in [-0.1, -0.05) is 18.2 Å². The minimum atomic E-state index is 0. The number of imidazole rings is 1. The lowest BCUT2D eigenvalue weighted by Gasteiger charge is -2.44. The molecule has 1 aromatic heterocycles. The van der Waals surface area contributed by atoms with Crippen LogP contribution in [0.25, 0.3) is 11.0 Å². The predicted molar refractivity (Wildman–Crippen MR) is 152 cm³/mol. The van der Waals surface area contributed by atoms with Crippen LogP contribution in [0.5, 0.6) is 11.5 Å². The van der Waals surface area contributed by atoms with E-state index in [0.717, 1.165) is 30.1 Å². The van der Waals surface area contributed by atoms with Crippen molar-refractivity contribution in [3.63, 3.8) is 0 Å². The molecule has 3 aromatic rings. The predicted octanol–water partition coefficient (Wildman–Crippen LogP) is 5.80. The summed E-state index contributed by atoms with van der Waals surface area (Å²) in [4.78, 5) is 7.74. The molecule has 6 nitrogen and oxygen atoms in total. The van der Waals surface area contributed by atoms with Crippen molar-refractivity contribution >= 4 is 35.8 Å². The minimum absolute atomic E-state index is 0. The lowest BCUT2D eigenvalue weighted by molar-refractivity contribution is 0.0928. The van der Waals surface area contributed by atoms with Gasteiger partial charge in [0.1, 0.15) is 5.82 Å². The third-order valence-corrected chi connectivity index (χ3v) is 9.39. The van der Waals surface area contributed by atoms with Crippen LogP contribution in [0.2, 0.25) is 0 Å². The first-order chi connectivity index (χ1) is 17.2. The standard InChI is InChI=1S/C29H36N4O2.2ClH/c1-20-31-25-4-2-3-5-26(25)33(20)24-17-22-7-8-23(18-24)32(22)15-12-29(10-13-30-14-11-29)21-6-9-27-28(16-21)35-19-34-27;;/h2-6,9,16,22-24,30H,7-8,10-15,17-19H2,1H3;2*1H. The Bertz CT molecular complexity index is 1230. The molecule has 2 atom stereocenters. The summed E-state index contributed by atoms with van der Waals surface area (Å²) in [5.41, 5.74) is 4.10. The molecule has 0 spiro atoms. The quantitative estimate of drug-likeness (QED) is 0.440. The van der Waals surface area contributed by atoms with Crippen LogP contribution in [0.15, 0.2) is 42.5 Å². The van der Waals surface area contributed by atoms with Gasteiger partial charge in [0.15, 0.2) is 11.5 Å². The van der Waals surface area contributed by atoms with Gasteiger partial charge in [0, 0.05) is 18.1 Å². The van der Waals surface area contributed by atoms with E-state index in [1.807, 2.05) is 0 Å². The number of hydrogen-bond acceptors (Lipinski definition) is 5. The van der Waals surface area contributed by atoms with Gasteiger partial charge in [-0.25, -0.2) is 4.98 Å². The van der Waals surface area contributed by atoms with Crippen molar-refractivity contribution in [3.05, 3.63) is 53.9 Å². The van der Waals surface area contributed by atoms with Crippen molar-refractivity contribution in [1.82, 2.24) is 19.8 Å². The smallest absolute Gasteiger partial charge is 0.231 e. The highest BCUT2D eigenvalue weighted by molar-refractivity contribution is 5.85. The SMILES string of the molecule is Cc1nc2ccccc2n1C1CC2CCC(C1)N2CCC1(c2ccc3c(c2)OCO3)CCNCC1.Cl.Cl. The number of hydrogen-bond donors (Lipinski definition) is 1. The minimum Gasteiger partial charge on any atom is -0.454 e. The van der Waals surface area contributed by atoms with Crippen molar-refractivity contribution in [1.29, 1.82) is 0 Å². The summed E-state index contributed by atoms with van der Waals surface area (Å²) in [5, 5.41) is 3.59. The molecule has 4 aliphatic rings. The topological polar surface area (TPSA) is 51.6 Å². The Balaban J connectivity index is 0.00000140. The molecule has 0 amide bonds. The Morgan fingerprint density at radius 2 is 1.68 bits per heavy atom. The Morgan fingerprint density at radius 3 is 2.46 bits per heavy atom. The molecule has 2 unspecified atom stereocenters. The van der Waals surface area contributed by atoms with Crippen molar-refractivity contribution in [2.75, 3.05) is 26.4 Å². The van der Waals surface area contributed by atoms with E-state index in [1.165, 1.54) is 68.4 Å². The number of benzene rings is 2. The third-order valence-electron chi connectivity index (χ3n) is 9.39. The lowest BCUT2D eigenvalue weighted by atomic mass is 9.70. The van der Waals surface area contributed by atoms with E-state index in [0.29, 0.717) is 24.9 Å². The lowest BCUT2D eigenvalue weighted by Crippen LogP contribution is -2.47.